The number of carbonyl (C=O) groups excluding carboxylic acids is 1. The molecule has 0 aliphatic heterocycles. The summed E-state index contributed by atoms with van der Waals surface area (Å²) >= 11 is 0. The lowest BCUT2D eigenvalue weighted by Crippen LogP contribution is -2.41. The second-order valence-corrected chi connectivity index (χ2v) is 9.83. The first kappa shape index (κ1) is 22.0. The third kappa shape index (κ3) is 4.67. The molecule has 0 aromatic heterocycles. The van der Waals surface area contributed by atoms with Crippen molar-refractivity contribution in [2.24, 2.45) is 0 Å². The molecule has 0 saturated heterocycles. The van der Waals surface area contributed by atoms with E-state index in [-0.39, 0.29) is 17.5 Å². The Morgan fingerprint density at radius 2 is 1.69 bits per heavy atom. The summed E-state index contributed by atoms with van der Waals surface area (Å²) in [4.78, 5) is 12.8. The molecule has 5 nitrogen and oxygen atoms in total. The van der Waals surface area contributed by atoms with Crippen LogP contribution in [-0.4, -0.2) is 20.9 Å². The fourth-order valence-electron chi connectivity index (χ4n) is 4.01. The molecule has 1 atom stereocenters. The molecular weight excluding hydrogens is 427 g/mol. The Balaban J connectivity index is 1.56. The normalized spacial score (nSPS) is 13.9. The summed E-state index contributed by atoms with van der Waals surface area (Å²) in [5.74, 6) is -0.955. The lowest BCUT2D eigenvalue weighted by molar-refractivity contribution is -0.120. The van der Waals surface area contributed by atoms with E-state index < -0.39 is 21.7 Å². The highest BCUT2D eigenvalue weighted by atomic mass is 32.2. The maximum absolute atomic E-state index is 13.3. The first-order valence-corrected chi connectivity index (χ1v) is 12.0. The third-order valence-electron chi connectivity index (χ3n) is 5.73. The van der Waals surface area contributed by atoms with Crippen LogP contribution in [0.15, 0.2) is 77.7 Å². The molecule has 166 valence electrons. The van der Waals surface area contributed by atoms with Gasteiger partial charge in [0.2, 0.25) is 5.91 Å². The number of halogens is 1. The van der Waals surface area contributed by atoms with Crippen LogP contribution in [0.4, 0.5) is 10.1 Å². The summed E-state index contributed by atoms with van der Waals surface area (Å²) in [5.41, 5.74) is 4.02. The minimum atomic E-state index is -4.07. The van der Waals surface area contributed by atoms with Crippen molar-refractivity contribution in [3.8, 4) is 0 Å². The van der Waals surface area contributed by atoms with Crippen molar-refractivity contribution in [2.75, 3.05) is 10.8 Å². The second kappa shape index (κ2) is 9.12. The summed E-state index contributed by atoms with van der Waals surface area (Å²) < 4.78 is 40.9. The number of aryl methyl sites for hydroxylation is 2. The van der Waals surface area contributed by atoms with Gasteiger partial charge in [0.1, 0.15) is 12.4 Å². The van der Waals surface area contributed by atoms with Gasteiger partial charge in [-0.15, -0.1) is 0 Å². The molecule has 0 heterocycles. The summed E-state index contributed by atoms with van der Waals surface area (Å²) in [6.07, 6.45) is 3.28. The van der Waals surface area contributed by atoms with E-state index in [0.29, 0.717) is 5.69 Å². The van der Waals surface area contributed by atoms with Crippen LogP contribution >= 0.6 is 0 Å². The molecule has 0 radical (unpaired) electrons. The number of sulfonamides is 1. The van der Waals surface area contributed by atoms with Crippen LogP contribution in [0.2, 0.25) is 0 Å². The molecule has 7 heteroatoms. The Hall–Kier alpha value is -3.19. The molecule has 1 unspecified atom stereocenters. The highest BCUT2D eigenvalue weighted by Gasteiger charge is 2.28. The minimum Gasteiger partial charge on any atom is -0.348 e. The van der Waals surface area contributed by atoms with Crippen molar-refractivity contribution in [1.29, 1.82) is 0 Å². The number of fused-ring (bicyclic) bond motifs is 1. The number of anilines is 1. The van der Waals surface area contributed by atoms with E-state index in [1.54, 1.807) is 30.3 Å². The zero-order valence-corrected chi connectivity index (χ0v) is 18.6. The van der Waals surface area contributed by atoms with E-state index in [1.807, 2.05) is 13.0 Å². The number of amides is 1. The Labute approximate surface area is 187 Å². The third-order valence-corrected chi connectivity index (χ3v) is 7.52. The van der Waals surface area contributed by atoms with E-state index in [1.165, 1.54) is 23.3 Å². The van der Waals surface area contributed by atoms with E-state index in [9.17, 15) is 17.6 Å². The van der Waals surface area contributed by atoms with Crippen LogP contribution in [0.25, 0.3) is 0 Å². The topological polar surface area (TPSA) is 66.5 Å². The fraction of sp³-hybridized carbons (Fsp3) is 0.240. The van der Waals surface area contributed by atoms with Crippen molar-refractivity contribution in [3.63, 3.8) is 0 Å². The highest BCUT2D eigenvalue weighted by molar-refractivity contribution is 7.92. The maximum Gasteiger partial charge on any atom is 0.264 e. The van der Waals surface area contributed by atoms with Gasteiger partial charge in [0.15, 0.2) is 0 Å². The molecule has 0 spiro atoms. The highest BCUT2D eigenvalue weighted by Crippen LogP contribution is 2.26. The molecule has 0 fully saturated rings. The molecule has 3 aromatic carbocycles. The Bertz CT molecular complexity index is 1210. The van der Waals surface area contributed by atoms with E-state index in [2.05, 4.69) is 17.4 Å². The van der Waals surface area contributed by atoms with Crippen molar-refractivity contribution in [2.45, 2.75) is 37.1 Å². The maximum atomic E-state index is 13.3. The second-order valence-electron chi connectivity index (χ2n) is 7.97. The van der Waals surface area contributed by atoms with Crippen LogP contribution in [0.1, 0.15) is 36.1 Å². The summed E-state index contributed by atoms with van der Waals surface area (Å²) in [5, 5.41) is 2.92. The molecule has 4 rings (SSSR count). The number of benzene rings is 3. The van der Waals surface area contributed by atoms with Gasteiger partial charge in [0.25, 0.3) is 10.0 Å². The molecule has 3 aromatic rings. The van der Waals surface area contributed by atoms with Gasteiger partial charge in [-0.3, -0.25) is 9.10 Å². The van der Waals surface area contributed by atoms with Crippen molar-refractivity contribution < 1.29 is 17.6 Å². The van der Waals surface area contributed by atoms with Gasteiger partial charge in [0.05, 0.1) is 16.6 Å². The van der Waals surface area contributed by atoms with Crippen LogP contribution < -0.4 is 9.62 Å². The molecule has 1 aliphatic rings. The standard InChI is InChI=1S/C25H25FN2O3S/c1-18(20-11-10-19-6-5-7-21(19)16-20)27-25(29)17-28(23-8-3-2-4-9-23)32(30,31)24-14-12-22(26)13-15-24/h2-4,8-16,18H,5-7,17H2,1H3,(H,27,29). The van der Waals surface area contributed by atoms with Crippen molar-refractivity contribution in [1.82, 2.24) is 5.32 Å². The lowest BCUT2D eigenvalue weighted by atomic mass is 10.0. The predicted molar refractivity (Wildman–Crippen MR) is 122 cm³/mol. The van der Waals surface area contributed by atoms with Crippen LogP contribution in [0.5, 0.6) is 0 Å². The lowest BCUT2D eigenvalue weighted by Gasteiger charge is -2.25. The van der Waals surface area contributed by atoms with Crippen LogP contribution in [0, 0.1) is 5.82 Å². The van der Waals surface area contributed by atoms with Gasteiger partial charge < -0.3 is 5.32 Å². The number of nitrogens with zero attached hydrogens (tertiary/aromatic N) is 1. The van der Waals surface area contributed by atoms with Crippen LogP contribution in [-0.2, 0) is 27.7 Å². The Morgan fingerprint density at radius 3 is 2.41 bits per heavy atom. The SMILES string of the molecule is CC(NC(=O)CN(c1ccccc1)S(=O)(=O)c1ccc(F)cc1)c1ccc2c(c1)CCC2. The molecule has 0 bridgehead atoms. The summed E-state index contributed by atoms with van der Waals surface area (Å²) in [6.45, 7) is 1.49. The number of nitrogens with one attached hydrogen (secondary N) is 1. The molecule has 1 amide bonds. The summed E-state index contributed by atoms with van der Waals surface area (Å²) in [6, 6.07) is 19.0. The monoisotopic (exact) mass is 452 g/mol. The van der Waals surface area contributed by atoms with Gasteiger partial charge in [-0.1, -0.05) is 36.4 Å². The smallest absolute Gasteiger partial charge is 0.264 e. The van der Waals surface area contributed by atoms with Gasteiger partial charge in [-0.25, -0.2) is 12.8 Å². The van der Waals surface area contributed by atoms with E-state index in [4.69, 9.17) is 0 Å². The predicted octanol–water partition coefficient (Wildman–Crippen LogP) is 4.39. The number of para-hydroxylation sites is 1. The first-order valence-electron chi connectivity index (χ1n) is 10.6. The van der Waals surface area contributed by atoms with Crippen molar-refractivity contribution >= 4 is 21.6 Å². The zero-order chi connectivity index (χ0) is 22.7. The van der Waals surface area contributed by atoms with Gasteiger partial charge >= 0.3 is 0 Å². The van der Waals surface area contributed by atoms with Gasteiger partial charge in [0, 0.05) is 0 Å². The van der Waals surface area contributed by atoms with E-state index >= 15 is 0 Å². The molecular formula is C25H25FN2O3S. The number of carbonyl (C=O) groups is 1. The Kier molecular flexibility index (Phi) is 6.28. The Morgan fingerprint density at radius 1 is 1.00 bits per heavy atom. The van der Waals surface area contributed by atoms with Crippen LogP contribution in [0.3, 0.4) is 0 Å². The minimum absolute atomic E-state index is 0.0813. The summed E-state index contributed by atoms with van der Waals surface area (Å²) in [7, 11) is -4.07. The fourth-order valence-corrected chi connectivity index (χ4v) is 5.43. The van der Waals surface area contributed by atoms with Gasteiger partial charge in [-0.05, 0) is 79.3 Å². The van der Waals surface area contributed by atoms with E-state index in [0.717, 1.165) is 41.3 Å². The first-order chi connectivity index (χ1) is 15.3. The van der Waals surface area contributed by atoms with Gasteiger partial charge in [-0.2, -0.15) is 0 Å². The molecule has 32 heavy (non-hydrogen) atoms. The number of rotatable bonds is 7. The van der Waals surface area contributed by atoms with Crippen molar-refractivity contribution in [3.05, 3.63) is 95.3 Å². The largest absolute Gasteiger partial charge is 0.348 e. The number of hydrogen-bond acceptors (Lipinski definition) is 3. The number of hydrogen-bond donors (Lipinski definition) is 1. The average molecular weight is 453 g/mol. The molecule has 1 N–H and O–H groups in total. The zero-order valence-electron chi connectivity index (χ0n) is 17.8. The molecule has 1 aliphatic carbocycles. The molecule has 0 saturated carbocycles. The quantitative estimate of drug-likeness (QED) is 0.578. The average Bonchev–Trinajstić information content (AvgIpc) is 3.26.